The average molecular weight is 263 g/mol. The monoisotopic (exact) mass is 263 g/mol. The molecule has 4 heteroatoms. The zero-order valence-electron chi connectivity index (χ0n) is 12.4. The van der Waals surface area contributed by atoms with E-state index in [9.17, 15) is 0 Å². The van der Waals surface area contributed by atoms with Crippen LogP contribution in [0, 0.1) is 0 Å². The van der Waals surface area contributed by atoms with E-state index in [2.05, 4.69) is 55.0 Å². The number of morpholine rings is 1. The molecule has 2 rings (SSSR count). The van der Waals surface area contributed by atoms with Gasteiger partial charge in [0.15, 0.2) is 0 Å². The molecule has 0 bridgehead atoms. The second kappa shape index (κ2) is 6.35. The number of rotatable bonds is 4. The molecule has 3 unspecified atom stereocenters. The molecule has 0 saturated carbocycles. The molecule has 1 aliphatic heterocycles. The summed E-state index contributed by atoms with van der Waals surface area (Å²) in [4.78, 5) is 6.84. The van der Waals surface area contributed by atoms with Crippen LogP contribution < -0.4 is 10.2 Å². The van der Waals surface area contributed by atoms with Crippen molar-refractivity contribution in [2.75, 3.05) is 24.5 Å². The van der Waals surface area contributed by atoms with Crippen LogP contribution in [-0.4, -0.2) is 36.8 Å². The molecule has 0 amide bonds. The second-order valence-electron chi connectivity index (χ2n) is 5.39. The third-order valence-electron chi connectivity index (χ3n) is 3.52. The molecule has 0 aliphatic carbocycles. The van der Waals surface area contributed by atoms with E-state index in [0.29, 0.717) is 6.04 Å². The zero-order valence-corrected chi connectivity index (χ0v) is 12.4. The summed E-state index contributed by atoms with van der Waals surface area (Å²) in [6.45, 7) is 11.4. The van der Waals surface area contributed by atoms with Gasteiger partial charge in [-0.25, -0.2) is 4.98 Å². The minimum absolute atomic E-state index is 0.264. The molecule has 0 aromatic carbocycles. The molecule has 3 atom stereocenters. The molecule has 1 aliphatic rings. The molecule has 1 aromatic heterocycles. The first-order chi connectivity index (χ1) is 9.10. The predicted molar refractivity (Wildman–Crippen MR) is 78.6 cm³/mol. The van der Waals surface area contributed by atoms with Gasteiger partial charge in [-0.3, -0.25) is 0 Å². The van der Waals surface area contributed by atoms with Crippen LogP contribution >= 0.6 is 0 Å². The number of hydrogen-bond acceptors (Lipinski definition) is 4. The lowest BCUT2D eigenvalue weighted by Crippen LogP contribution is -2.45. The average Bonchev–Trinajstić information content (AvgIpc) is 2.38. The third kappa shape index (κ3) is 3.67. The highest BCUT2D eigenvalue weighted by Gasteiger charge is 2.23. The molecule has 0 spiro atoms. The van der Waals surface area contributed by atoms with Gasteiger partial charge in [0, 0.05) is 25.3 Å². The number of hydrogen-bond donors (Lipinski definition) is 1. The molecular weight excluding hydrogens is 238 g/mol. The van der Waals surface area contributed by atoms with Crippen molar-refractivity contribution >= 4 is 5.82 Å². The SMILES string of the molecule is CCNC(C)c1ccnc(N2CC(C)OC(C)C2)c1. The van der Waals surface area contributed by atoms with Gasteiger partial charge in [-0.15, -0.1) is 0 Å². The molecule has 1 fully saturated rings. The van der Waals surface area contributed by atoms with E-state index in [1.807, 2.05) is 6.20 Å². The van der Waals surface area contributed by atoms with Crippen molar-refractivity contribution in [1.29, 1.82) is 0 Å². The lowest BCUT2D eigenvalue weighted by Gasteiger charge is -2.36. The fourth-order valence-electron chi connectivity index (χ4n) is 2.67. The van der Waals surface area contributed by atoms with Crippen LogP contribution in [0.25, 0.3) is 0 Å². The van der Waals surface area contributed by atoms with Gasteiger partial charge in [0.2, 0.25) is 0 Å². The van der Waals surface area contributed by atoms with E-state index in [0.717, 1.165) is 25.5 Å². The Hall–Kier alpha value is -1.13. The lowest BCUT2D eigenvalue weighted by molar-refractivity contribution is -0.00546. The molecule has 1 saturated heterocycles. The van der Waals surface area contributed by atoms with E-state index >= 15 is 0 Å². The largest absolute Gasteiger partial charge is 0.372 e. The highest BCUT2D eigenvalue weighted by Crippen LogP contribution is 2.21. The van der Waals surface area contributed by atoms with E-state index in [1.165, 1.54) is 5.56 Å². The van der Waals surface area contributed by atoms with Gasteiger partial charge in [-0.2, -0.15) is 0 Å². The minimum atomic E-state index is 0.264. The highest BCUT2D eigenvalue weighted by atomic mass is 16.5. The summed E-state index contributed by atoms with van der Waals surface area (Å²) in [6, 6.07) is 4.64. The Morgan fingerprint density at radius 3 is 2.74 bits per heavy atom. The maximum atomic E-state index is 5.77. The fourth-order valence-corrected chi connectivity index (χ4v) is 2.67. The van der Waals surface area contributed by atoms with Crippen LogP contribution in [0.3, 0.4) is 0 Å². The summed E-state index contributed by atoms with van der Waals surface area (Å²) >= 11 is 0. The summed E-state index contributed by atoms with van der Waals surface area (Å²) in [7, 11) is 0. The van der Waals surface area contributed by atoms with Crippen molar-refractivity contribution in [2.24, 2.45) is 0 Å². The van der Waals surface area contributed by atoms with Crippen LogP contribution in [0.4, 0.5) is 5.82 Å². The Bertz CT molecular complexity index is 400. The fraction of sp³-hybridized carbons (Fsp3) is 0.667. The van der Waals surface area contributed by atoms with Crippen molar-refractivity contribution < 1.29 is 4.74 Å². The van der Waals surface area contributed by atoms with Crippen LogP contribution in [0.5, 0.6) is 0 Å². The summed E-state index contributed by atoms with van der Waals surface area (Å²) in [6.07, 6.45) is 2.43. The predicted octanol–water partition coefficient (Wildman–Crippen LogP) is 2.37. The first kappa shape index (κ1) is 14.3. The zero-order chi connectivity index (χ0) is 13.8. The van der Waals surface area contributed by atoms with Crippen molar-refractivity contribution in [2.45, 2.75) is 45.9 Å². The van der Waals surface area contributed by atoms with Crippen molar-refractivity contribution in [3.8, 4) is 0 Å². The van der Waals surface area contributed by atoms with E-state index < -0.39 is 0 Å². The summed E-state index contributed by atoms with van der Waals surface area (Å²) in [5.41, 5.74) is 1.29. The van der Waals surface area contributed by atoms with Crippen LogP contribution in [0.2, 0.25) is 0 Å². The van der Waals surface area contributed by atoms with Crippen LogP contribution in [0.1, 0.15) is 39.3 Å². The van der Waals surface area contributed by atoms with E-state index in [-0.39, 0.29) is 12.2 Å². The van der Waals surface area contributed by atoms with Gasteiger partial charge in [0.1, 0.15) is 5.82 Å². The first-order valence-electron chi connectivity index (χ1n) is 7.20. The van der Waals surface area contributed by atoms with Crippen molar-refractivity contribution in [1.82, 2.24) is 10.3 Å². The molecule has 2 heterocycles. The van der Waals surface area contributed by atoms with Crippen LogP contribution in [-0.2, 0) is 4.74 Å². The summed E-state index contributed by atoms with van der Waals surface area (Å²) < 4.78 is 5.77. The Morgan fingerprint density at radius 1 is 1.42 bits per heavy atom. The van der Waals surface area contributed by atoms with Crippen molar-refractivity contribution in [3.05, 3.63) is 23.9 Å². The van der Waals surface area contributed by atoms with Gasteiger partial charge >= 0.3 is 0 Å². The second-order valence-corrected chi connectivity index (χ2v) is 5.39. The van der Waals surface area contributed by atoms with Gasteiger partial charge in [-0.1, -0.05) is 6.92 Å². The standard InChI is InChI=1S/C15H25N3O/c1-5-16-13(4)14-6-7-17-15(8-14)18-9-11(2)19-12(3)10-18/h6-8,11-13,16H,5,9-10H2,1-4H3. The topological polar surface area (TPSA) is 37.4 Å². The molecule has 106 valence electrons. The highest BCUT2D eigenvalue weighted by molar-refractivity contribution is 5.42. The molecular formula is C15H25N3O. The Morgan fingerprint density at radius 2 is 2.11 bits per heavy atom. The number of anilines is 1. The Labute approximate surface area is 116 Å². The number of nitrogens with zero attached hydrogens (tertiary/aromatic N) is 2. The maximum absolute atomic E-state index is 5.77. The Balaban J connectivity index is 2.13. The molecule has 4 nitrogen and oxygen atoms in total. The number of ether oxygens (including phenoxy) is 1. The normalized spacial score (nSPS) is 25.4. The number of aromatic nitrogens is 1. The minimum Gasteiger partial charge on any atom is -0.372 e. The number of nitrogens with one attached hydrogen (secondary N) is 1. The Kier molecular flexibility index (Phi) is 4.77. The van der Waals surface area contributed by atoms with E-state index in [1.54, 1.807) is 0 Å². The molecule has 1 N–H and O–H groups in total. The molecule has 0 radical (unpaired) electrons. The molecule has 1 aromatic rings. The smallest absolute Gasteiger partial charge is 0.128 e. The third-order valence-corrected chi connectivity index (χ3v) is 3.52. The van der Waals surface area contributed by atoms with Crippen molar-refractivity contribution in [3.63, 3.8) is 0 Å². The first-order valence-corrected chi connectivity index (χ1v) is 7.20. The summed E-state index contributed by atoms with van der Waals surface area (Å²) in [5.74, 6) is 1.06. The summed E-state index contributed by atoms with van der Waals surface area (Å²) in [5, 5.41) is 3.44. The number of pyridine rings is 1. The molecule has 19 heavy (non-hydrogen) atoms. The van der Waals surface area contributed by atoms with Gasteiger partial charge in [-0.05, 0) is 45.0 Å². The van der Waals surface area contributed by atoms with Crippen LogP contribution in [0.15, 0.2) is 18.3 Å². The van der Waals surface area contributed by atoms with Gasteiger partial charge in [0.25, 0.3) is 0 Å². The lowest BCUT2D eigenvalue weighted by atomic mass is 10.1. The quantitative estimate of drug-likeness (QED) is 0.905. The van der Waals surface area contributed by atoms with E-state index in [4.69, 9.17) is 4.74 Å². The van der Waals surface area contributed by atoms with Gasteiger partial charge in [0.05, 0.1) is 12.2 Å². The van der Waals surface area contributed by atoms with Gasteiger partial charge < -0.3 is 15.0 Å². The maximum Gasteiger partial charge on any atom is 0.128 e.